The maximum atomic E-state index is 13.2. The molecule has 0 spiro atoms. The van der Waals surface area contributed by atoms with E-state index in [-0.39, 0.29) is 5.91 Å². The number of benzene rings is 1. The van der Waals surface area contributed by atoms with Crippen molar-refractivity contribution in [1.82, 2.24) is 9.88 Å². The van der Waals surface area contributed by atoms with E-state index < -0.39 is 0 Å². The summed E-state index contributed by atoms with van der Waals surface area (Å²) >= 11 is 1.67. The molecule has 0 radical (unpaired) electrons. The second kappa shape index (κ2) is 6.48. The molecule has 0 saturated heterocycles. The van der Waals surface area contributed by atoms with E-state index in [1.165, 1.54) is 5.56 Å². The van der Waals surface area contributed by atoms with E-state index in [0.29, 0.717) is 18.2 Å². The van der Waals surface area contributed by atoms with Crippen LogP contribution in [0.2, 0.25) is 0 Å². The fraction of sp³-hybridized carbons (Fsp3) is 0.300. The molecule has 5 heteroatoms. The quantitative estimate of drug-likeness (QED) is 0.683. The first-order valence-electron chi connectivity index (χ1n) is 8.43. The second-order valence-corrected chi connectivity index (χ2v) is 7.26. The minimum atomic E-state index is 0.0726. The highest BCUT2D eigenvalue weighted by Crippen LogP contribution is 2.31. The number of aryl methyl sites for hydroxylation is 1. The Kier molecular flexibility index (Phi) is 4.17. The smallest absolute Gasteiger partial charge is 0.256 e. The number of ether oxygens (including phenoxy) is 1. The minimum Gasteiger partial charge on any atom is -0.497 e. The molecule has 1 aromatic carbocycles. The number of nitrogens with zero attached hydrogens (tertiary/aromatic N) is 2. The van der Waals surface area contributed by atoms with Crippen molar-refractivity contribution < 1.29 is 9.53 Å². The average molecular weight is 352 g/mol. The van der Waals surface area contributed by atoms with Crippen LogP contribution in [-0.4, -0.2) is 28.9 Å². The van der Waals surface area contributed by atoms with Crippen LogP contribution in [0.5, 0.6) is 5.75 Å². The average Bonchev–Trinajstić information content (AvgIpc) is 3.34. The lowest BCUT2D eigenvalue weighted by Crippen LogP contribution is -2.33. The molecule has 4 nitrogen and oxygen atoms in total. The standard InChI is InChI=1S/C20H20N2O2S/c1-13-18(10-15-9-17(24-2)5-6-19(15)21-13)20(23)22(16-3-4-16)11-14-7-8-25-12-14/h5-10,12,16H,3-4,11H2,1-2H3. The summed E-state index contributed by atoms with van der Waals surface area (Å²) in [7, 11) is 1.64. The van der Waals surface area contributed by atoms with Crippen molar-refractivity contribution in [2.75, 3.05) is 7.11 Å². The van der Waals surface area contributed by atoms with Crippen LogP contribution in [0.15, 0.2) is 41.1 Å². The van der Waals surface area contributed by atoms with Gasteiger partial charge in [-0.2, -0.15) is 11.3 Å². The van der Waals surface area contributed by atoms with Gasteiger partial charge >= 0.3 is 0 Å². The van der Waals surface area contributed by atoms with Gasteiger partial charge in [-0.25, -0.2) is 0 Å². The van der Waals surface area contributed by atoms with Gasteiger partial charge in [0.2, 0.25) is 0 Å². The molecule has 1 saturated carbocycles. The van der Waals surface area contributed by atoms with Crippen LogP contribution in [0.3, 0.4) is 0 Å². The number of thiophene rings is 1. The summed E-state index contributed by atoms with van der Waals surface area (Å²) in [6.07, 6.45) is 2.17. The highest BCUT2D eigenvalue weighted by Gasteiger charge is 2.34. The fourth-order valence-electron chi connectivity index (χ4n) is 3.08. The number of hydrogen-bond donors (Lipinski definition) is 0. The van der Waals surface area contributed by atoms with Gasteiger partial charge in [0.1, 0.15) is 5.75 Å². The van der Waals surface area contributed by atoms with E-state index in [9.17, 15) is 4.79 Å². The van der Waals surface area contributed by atoms with Crippen molar-refractivity contribution in [2.24, 2.45) is 0 Å². The van der Waals surface area contributed by atoms with Crippen molar-refractivity contribution in [1.29, 1.82) is 0 Å². The summed E-state index contributed by atoms with van der Waals surface area (Å²) in [6, 6.07) is 10.1. The lowest BCUT2D eigenvalue weighted by Gasteiger charge is -2.23. The first-order chi connectivity index (χ1) is 12.2. The van der Waals surface area contributed by atoms with Gasteiger partial charge in [0.05, 0.1) is 23.9 Å². The van der Waals surface area contributed by atoms with E-state index in [1.807, 2.05) is 36.1 Å². The van der Waals surface area contributed by atoms with E-state index >= 15 is 0 Å². The zero-order chi connectivity index (χ0) is 17.4. The number of rotatable bonds is 5. The number of fused-ring (bicyclic) bond motifs is 1. The van der Waals surface area contributed by atoms with Crippen LogP contribution in [0.25, 0.3) is 10.9 Å². The second-order valence-electron chi connectivity index (χ2n) is 6.48. The van der Waals surface area contributed by atoms with Crippen molar-refractivity contribution >= 4 is 28.1 Å². The fourth-order valence-corrected chi connectivity index (χ4v) is 3.74. The molecular weight excluding hydrogens is 332 g/mol. The molecule has 1 fully saturated rings. The third-order valence-electron chi connectivity index (χ3n) is 4.62. The van der Waals surface area contributed by atoms with Gasteiger partial charge in [-0.15, -0.1) is 0 Å². The first kappa shape index (κ1) is 16.1. The molecule has 0 N–H and O–H groups in total. The van der Waals surface area contributed by atoms with E-state index in [1.54, 1.807) is 18.4 Å². The predicted molar refractivity (Wildman–Crippen MR) is 100 cm³/mol. The normalized spacial score (nSPS) is 13.8. The van der Waals surface area contributed by atoms with Gasteiger partial charge in [-0.05, 0) is 66.4 Å². The molecule has 1 amide bonds. The molecule has 128 valence electrons. The highest BCUT2D eigenvalue weighted by molar-refractivity contribution is 7.07. The third kappa shape index (κ3) is 3.24. The molecule has 1 aliphatic rings. The zero-order valence-electron chi connectivity index (χ0n) is 14.4. The number of aromatic nitrogens is 1. The topological polar surface area (TPSA) is 42.4 Å². The summed E-state index contributed by atoms with van der Waals surface area (Å²) in [5.74, 6) is 0.845. The number of amides is 1. The summed E-state index contributed by atoms with van der Waals surface area (Å²) < 4.78 is 5.30. The summed E-state index contributed by atoms with van der Waals surface area (Å²) in [4.78, 5) is 19.9. The van der Waals surface area contributed by atoms with Gasteiger partial charge in [0, 0.05) is 18.0 Å². The predicted octanol–water partition coefficient (Wildman–Crippen LogP) is 4.42. The molecule has 25 heavy (non-hydrogen) atoms. The minimum absolute atomic E-state index is 0.0726. The van der Waals surface area contributed by atoms with Gasteiger partial charge in [0.15, 0.2) is 0 Å². The van der Waals surface area contributed by atoms with Crippen LogP contribution in [-0.2, 0) is 6.54 Å². The van der Waals surface area contributed by atoms with Crippen LogP contribution >= 0.6 is 11.3 Å². The molecule has 0 unspecified atom stereocenters. The highest BCUT2D eigenvalue weighted by atomic mass is 32.1. The Morgan fingerprint density at radius 1 is 1.32 bits per heavy atom. The summed E-state index contributed by atoms with van der Waals surface area (Å²) in [6.45, 7) is 2.58. The largest absolute Gasteiger partial charge is 0.497 e. The lowest BCUT2D eigenvalue weighted by molar-refractivity contribution is 0.0729. The summed E-state index contributed by atoms with van der Waals surface area (Å²) in [5.41, 5.74) is 3.53. The van der Waals surface area contributed by atoms with Crippen LogP contribution in [0, 0.1) is 6.92 Å². The lowest BCUT2D eigenvalue weighted by atomic mass is 10.1. The Hall–Kier alpha value is -2.40. The van der Waals surface area contributed by atoms with Crippen LogP contribution < -0.4 is 4.74 Å². The molecule has 3 aromatic rings. The Morgan fingerprint density at radius 3 is 2.84 bits per heavy atom. The molecule has 0 aliphatic heterocycles. The maximum Gasteiger partial charge on any atom is 0.256 e. The number of carbonyl (C=O) groups excluding carboxylic acids is 1. The van der Waals surface area contributed by atoms with Crippen molar-refractivity contribution in [3.63, 3.8) is 0 Å². The number of hydrogen-bond acceptors (Lipinski definition) is 4. The molecule has 0 bridgehead atoms. The Bertz CT molecular complexity index is 917. The van der Waals surface area contributed by atoms with Gasteiger partial charge in [-0.1, -0.05) is 0 Å². The van der Waals surface area contributed by atoms with Crippen molar-refractivity contribution in [2.45, 2.75) is 32.4 Å². The third-order valence-corrected chi connectivity index (χ3v) is 5.36. The van der Waals surface area contributed by atoms with Gasteiger partial charge in [-0.3, -0.25) is 9.78 Å². The van der Waals surface area contributed by atoms with E-state index in [4.69, 9.17) is 4.74 Å². The monoisotopic (exact) mass is 352 g/mol. The molecule has 2 aromatic heterocycles. The Labute approximate surface area is 151 Å². The zero-order valence-corrected chi connectivity index (χ0v) is 15.2. The Morgan fingerprint density at radius 2 is 2.16 bits per heavy atom. The molecule has 4 rings (SSSR count). The summed E-state index contributed by atoms with van der Waals surface area (Å²) in [5, 5.41) is 5.10. The van der Waals surface area contributed by atoms with Crippen LogP contribution in [0.4, 0.5) is 0 Å². The van der Waals surface area contributed by atoms with Gasteiger partial charge in [0.25, 0.3) is 5.91 Å². The number of methoxy groups -OCH3 is 1. The molecule has 1 aliphatic carbocycles. The van der Waals surface area contributed by atoms with E-state index in [2.05, 4.69) is 21.8 Å². The molecular formula is C20H20N2O2S. The SMILES string of the molecule is COc1ccc2nc(C)c(C(=O)N(Cc3ccsc3)C3CC3)cc2c1. The first-order valence-corrected chi connectivity index (χ1v) is 9.37. The number of pyridine rings is 1. The number of carbonyl (C=O) groups is 1. The molecule has 2 heterocycles. The van der Waals surface area contributed by atoms with Crippen LogP contribution in [0.1, 0.15) is 34.5 Å². The Balaban J connectivity index is 1.70. The maximum absolute atomic E-state index is 13.2. The van der Waals surface area contributed by atoms with Crippen molar-refractivity contribution in [3.8, 4) is 5.75 Å². The van der Waals surface area contributed by atoms with E-state index in [0.717, 1.165) is 35.2 Å². The molecule has 0 atom stereocenters. The van der Waals surface area contributed by atoms with Gasteiger partial charge < -0.3 is 9.64 Å². The van der Waals surface area contributed by atoms with Crippen molar-refractivity contribution in [3.05, 3.63) is 57.9 Å².